The van der Waals surface area contributed by atoms with Gasteiger partial charge in [-0.1, -0.05) is 15.9 Å². The molecule has 20 heavy (non-hydrogen) atoms. The number of rotatable bonds is 3. The number of carbonyl (C=O) groups is 1. The van der Waals surface area contributed by atoms with E-state index < -0.39 is 9.84 Å². The molecule has 1 aromatic carbocycles. The molecule has 1 atom stereocenters. The summed E-state index contributed by atoms with van der Waals surface area (Å²) in [6, 6.07) is 6.77. The number of sulfone groups is 1. The molecule has 0 unspecified atom stereocenters. The van der Waals surface area contributed by atoms with E-state index in [1.165, 1.54) is 5.01 Å². The zero-order valence-corrected chi connectivity index (χ0v) is 13.8. The van der Waals surface area contributed by atoms with Gasteiger partial charge in [-0.25, -0.2) is 13.4 Å². The summed E-state index contributed by atoms with van der Waals surface area (Å²) in [7, 11) is 0.479. The largest absolute Gasteiger partial charge is 0.268 e. The molecule has 7 heteroatoms. The van der Waals surface area contributed by atoms with Crippen LogP contribution in [0.4, 0.5) is 0 Å². The van der Waals surface area contributed by atoms with Crippen LogP contribution < -0.4 is 0 Å². The normalized spacial score (nSPS) is 21.1. The van der Waals surface area contributed by atoms with E-state index >= 15 is 0 Å². The predicted molar refractivity (Wildman–Crippen MR) is 81.1 cm³/mol. The Labute approximate surface area is 127 Å². The lowest BCUT2D eigenvalue weighted by Crippen LogP contribution is -2.49. The molecule has 0 aliphatic carbocycles. The second-order valence-electron chi connectivity index (χ2n) is 5.06. The van der Waals surface area contributed by atoms with Crippen molar-refractivity contribution in [3.8, 4) is 0 Å². The molecule has 0 aromatic heterocycles. The number of amides is 1. The van der Waals surface area contributed by atoms with Gasteiger partial charge in [0.2, 0.25) is 0 Å². The molecule has 1 aliphatic heterocycles. The Hall–Kier alpha value is -0.920. The molecule has 110 valence electrons. The minimum atomic E-state index is -3.02. The van der Waals surface area contributed by atoms with Crippen molar-refractivity contribution < 1.29 is 13.2 Å². The number of carbonyl (C=O) groups excluding carboxylic acids is 1. The minimum absolute atomic E-state index is 0.0352. The van der Waals surface area contributed by atoms with Crippen LogP contribution in [-0.4, -0.2) is 56.0 Å². The molecule has 1 aliphatic rings. The van der Waals surface area contributed by atoms with E-state index in [0.717, 1.165) is 4.47 Å². The third-order valence-electron chi connectivity index (χ3n) is 3.28. The van der Waals surface area contributed by atoms with E-state index in [1.807, 2.05) is 0 Å². The average molecular weight is 361 g/mol. The van der Waals surface area contributed by atoms with E-state index in [9.17, 15) is 13.2 Å². The lowest BCUT2D eigenvalue weighted by Gasteiger charge is -2.33. The van der Waals surface area contributed by atoms with Crippen molar-refractivity contribution in [2.24, 2.45) is 0 Å². The van der Waals surface area contributed by atoms with E-state index in [1.54, 1.807) is 43.4 Å². The molecule has 0 saturated carbocycles. The summed E-state index contributed by atoms with van der Waals surface area (Å²) in [5.74, 6) is 0.00731. The molecule has 0 radical (unpaired) electrons. The van der Waals surface area contributed by atoms with Crippen molar-refractivity contribution >= 4 is 31.7 Å². The van der Waals surface area contributed by atoms with Gasteiger partial charge in [-0.3, -0.25) is 9.80 Å². The number of nitrogens with zero attached hydrogens (tertiary/aromatic N) is 2. The van der Waals surface area contributed by atoms with Crippen LogP contribution in [0.1, 0.15) is 16.8 Å². The first-order chi connectivity index (χ1) is 9.30. The first-order valence-corrected chi connectivity index (χ1v) is 8.88. The van der Waals surface area contributed by atoms with Gasteiger partial charge in [0.05, 0.1) is 17.5 Å². The monoisotopic (exact) mass is 360 g/mol. The maximum atomic E-state index is 12.6. The molecule has 5 nitrogen and oxygen atoms in total. The third kappa shape index (κ3) is 3.39. The average Bonchev–Trinajstić information content (AvgIpc) is 2.70. The van der Waals surface area contributed by atoms with Gasteiger partial charge in [-0.2, -0.15) is 0 Å². The Morgan fingerprint density at radius 3 is 2.30 bits per heavy atom. The Bertz CT molecular complexity index is 599. The van der Waals surface area contributed by atoms with Crippen LogP contribution in [0.3, 0.4) is 0 Å². The molecule has 0 spiro atoms. The summed E-state index contributed by atoms with van der Waals surface area (Å²) in [6.07, 6.45) is 0.489. The highest BCUT2D eigenvalue weighted by molar-refractivity contribution is 9.10. The molecular formula is C13H17BrN2O3S. The lowest BCUT2D eigenvalue weighted by molar-refractivity contribution is 0.00101. The molecule has 0 bridgehead atoms. The zero-order valence-electron chi connectivity index (χ0n) is 11.4. The summed E-state index contributed by atoms with van der Waals surface area (Å²) in [6.45, 7) is 0. The van der Waals surface area contributed by atoms with Crippen LogP contribution in [0.15, 0.2) is 28.7 Å². The molecule has 1 heterocycles. The quantitative estimate of drug-likeness (QED) is 0.767. The lowest BCUT2D eigenvalue weighted by atomic mass is 10.1. The van der Waals surface area contributed by atoms with Crippen LogP contribution in [0.25, 0.3) is 0 Å². The summed E-state index contributed by atoms with van der Waals surface area (Å²) in [5.41, 5.74) is 0.547. The van der Waals surface area contributed by atoms with Gasteiger partial charge in [-0.15, -0.1) is 0 Å². The van der Waals surface area contributed by atoms with Crippen molar-refractivity contribution in [3.63, 3.8) is 0 Å². The second kappa shape index (κ2) is 5.83. The molecule has 0 N–H and O–H groups in total. The highest BCUT2D eigenvalue weighted by Gasteiger charge is 2.36. The number of halogens is 1. The Kier molecular flexibility index (Phi) is 4.51. The van der Waals surface area contributed by atoms with Crippen LogP contribution in [0.2, 0.25) is 0 Å². The fraction of sp³-hybridized carbons (Fsp3) is 0.462. The van der Waals surface area contributed by atoms with Crippen LogP contribution >= 0.6 is 15.9 Å². The van der Waals surface area contributed by atoms with Crippen molar-refractivity contribution in [2.75, 3.05) is 25.6 Å². The van der Waals surface area contributed by atoms with Gasteiger partial charge in [0, 0.05) is 24.1 Å². The fourth-order valence-corrected chi connectivity index (χ4v) is 4.32. The van der Waals surface area contributed by atoms with E-state index in [-0.39, 0.29) is 23.5 Å². The van der Waals surface area contributed by atoms with E-state index in [4.69, 9.17) is 0 Å². The SMILES string of the molecule is CN(C)N(C(=O)c1ccc(Br)cc1)[C@H]1CCS(=O)(=O)C1. The van der Waals surface area contributed by atoms with Crippen molar-refractivity contribution in [1.29, 1.82) is 0 Å². The van der Waals surface area contributed by atoms with Gasteiger partial charge in [-0.05, 0) is 30.7 Å². The van der Waals surface area contributed by atoms with Gasteiger partial charge >= 0.3 is 0 Å². The number of hydrogen-bond acceptors (Lipinski definition) is 4. The highest BCUT2D eigenvalue weighted by Crippen LogP contribution is 2.21. The Morgan fingerprint density at radius 1 is 1.25 bits per heavy atom. The predicted octanol–water partition coefficient (Wildman–Crippen LogP) is 1.56. The third-order valence-corrected chi connectivity index (χ3v) is 5.56. The summed E-state index contributed by atoms with van der Waals surface area (Å²) in [5, 5.41) is 3.20. The van der Waals surface area contributed by atoms with E-state index in [2.05, 4.69) is 15.9 Å². The first-order valence-electron chi connectivity index (χ1n) is 6.27. The molecule has 1 fully saturated rings. The number of hydrazine groups is 1. The fourth-order valence-electron chi connectivity index (χ4n) is 2.37. The maximum absolute atomic E-state index is 12.6. The van der Waals surface area contributed by atoms with Crippen LogP contribution in [0.5, 0.6) is 0 Å². The Balaban J connectivity index is 2.25. The molecular weight excluding hydrogens is 344 g/mol. The topological polar surface area (TPSA) is 57.7 Å². The molecule has 1 aromatic rings. The summed E-state index contributed by atoms with van der Waals surface area (Å²) >= 11 is 3.33. The van der Waals surface area contributed by atoms with Crippen molar-refractivity contribution in [1.82, 2.24) is 10.0 Å². The standard InChI is InChI=1S/C13H17BrN2O3S/c1-15(2)16(12-7-8-20(18,19)9-12)13(17)10-3-5-11(14)6-4-10/h3-6,12H,7-9H2,1-2H3/t12-/m0/s1. The van der Waals surface area contributed by atoms with Crippen LogP contribution in [-0.2, 0) is 9.84 Å². The van der Waals surface area contributed by atoms with Crippen molar-refractivity contribution in [3.05, 3.63) is 34.3 Å². The smallest absolute Gasteiger partial charge is 0.268 e. The molecule has 1 amide bonds. The number of benzene rings is 1. The molecule has 2 rings (SSSR count). The summed E-state index contributed by atoms with van der Waals surface area (Å²) < 4.78 is 24.1. The van der Waals surface area contributed by atoms with E-state index in [0.29, 0.717) is 12.0 Å². The van der Waals surface area contributed by atoms with Gasteiger partial charge < -0.3 is 0 Å². The van der Waals surface area contributed by atoms with Gasteiger partial charge in [0.1, 0.15) is 0 Å². The minimum Gasteiger partial charge on any atom is -0.268 e. The van der Waals surface area contributed by atoms with Gasteiger partial charge in [0.15, 0.2) is 9.84 Å². The first kappa shape index (κ1) is 15.5. The highest BCUT2D eigenvalue weighted by atomic mass is 79.9. The zero-order chi connectivity index (χ0) is 14.9. The second-order valence-corrected chi connectivity index (χ2v) is 8.21. The Morgan fingerprint density at radius 2 is 1.85 bits per heavy atom. The van der Waals surface area contributed by atoms with Crippen LogP contribution in [0, 0.1) is 0 Å². The summed E-state index contributed by atoms with van der Waals surface area (Å²) in [4.78, 5) is 12.6. The van der Waals surface area contributed by atoms with Crippen molar-refractivity contribution in [2.45, 2.75) is 12.5 Å². The number of hydrogen-bond donors (Lipinski definition) is 0. The van der Waals surface area contributed by atoms with Gasteiger partial charge in [0.25, 0.3) is 5.91 Å². The molecule has 1 saturated heterocycles. The maximum Gasteiger partial charge on any atom is 0.268 e.